The van der Waals surface area contributed by atoms with E-state index in [1.54, 1.807) is 18.2 Å². The second-order valence-corrected chi connectivity index (χ2v) is 9.41. The summed E-state index contributed by atoms with van der Waals surface area (Å²) in [6.07, 6.45) is 12.0. The summed E-state index contributed by atoms with van der Waals surface area (Å²) in [5.41, 5.74) is 3.28. The number of benzene rings is 2. The number of ether oxygens (including phenoxy) is 1. The fourth-order valence-corrected chi connectivity index (χ4v) is 5.44. The Labute approximate surface area is 189 Å². The first-order chi connectivity index (χ1) is 15.5. The van der Waals surface area contributed by atoms with Crippen molar-refractivity contribution in [2.75, 3.05) is 7.11 Å². The molecule has 1 fully saturated rings. The Morgan fingerprint density at radius 3 is 2.44 bits per heavy atom. The maximum absolute atomic E-state index is 15.1. The molecular formula is C28H33F3O. The molecular weight excluding hydrogens is 409 g/mol. The summed E-state index contributed by atoms with van der Waals surface area (Å²) >= 11 is 0. The van der Waals surface area contributed by atoms with Gasteiger partial charge in [-0.15, -0.1) is 0 Å². The lowest BCUT2D eigenvalue weighted by Gasteiger charge is -2.29. The molecule has 172 valence electrons. The molecule has 2 aromatic carbocycles. The predicted molar refractivity (Wildman–Crippen MR) is 124 cm³/mol. The van der Waals surface area contributed by atoms with Crippen molar-refractivity contribution in [1.29, 1.82) is 0 Å². The van der Waals surface area contributed by atoms with E-state index < -0.39 is 17.5 Å². The molecule has 0 atom stereocenters. The van der Waals surface area contributed by atoms with Crippen LogP contribution in [0, 0.1) is 23.4 Å². The van der Waals surface area contributed by atoms with E-state index in [2.05, 4.69) is 6.92 Å². The minimum atomic E-state index is -0.767. The number of rotatable bonds is 7. The minimum absolute atomic E-state index is 0.101. The third-order valence-electron chi connectivity index (χ3n) is 7.38. The first-order valence-corrected chi connectivity index (χ1v) is 12.0. The molecule has 4 heteroatoms. The summed E-state index contributed by atoms with van der Waals surface area (Å²) in [6, 6.07) is 6.64. The molecule has 0 saturated heterocycles. The molecule has 0 heterocycles. The van der Waals surface area contributed by atoms with Gasteiger partial charge in [0.1, 0.15) is 0 Å². The van der Waals surface area contributed by atoms with Gasteiger partial charge in [-0.2, -0.15) is 0 Å². The van der Waals surface area contributed by atoms with E-state index in [0.717, 1.165) is 42.7 Å². The van der Waals surface area contributed by atoms with E-state index in [4.69, 9.17) is 4.74 Å². The van der Waals surface area contributed by atoms with Gasteiger partial charge in [-0.25, -0.2) is 13.2 Å². The van der Waals surface area contributed by atoms with E-state index in [0.29, 0.717) is 29.5 Å². The molecule has 2 aliphatic carbocycles. The molecule has 0 amide bonds. The minimum Gasteiger partial charge on any atom is -0.494 e. The molecule has 0 bridgehead atoms. The molecule has 1 nitrogen and oxygen atoms in total. The van der Waals surface area contributed by atoms with Crippen molar-refractivity contribution >= 4 is 5.57 Å². The first kappa shape index (κ1) is 22.9. The van der Waals surface area contributed by atoms with Crippen molar-refractivity contribution < 1.29 is 17.9 Å². The Bertz CT molecular complexity index is 987. The van der Waals surface area contributed by atoms with Crippen LogP contribution in [0.4, 0.5) is 13.2 Å². The van der Waals surface area contributed by atoms with Crippen LogP contribution in [0.25, 0.3) is 5.57 Å². The summed E-state index contributed by atoms with van der Waals surface area (Å²) in [5.74, 6) is -0.858. The van der Waals surface area contributed by atoms with Crippen molar-refractivity contribution in [1.82, 2.24) is 0 Å². The van der Waals surface area contributed by atoms with Crippen LogP contribution in [0.2, 0.25) is 0 Å². The van der Waals surface area contributed by atoms with Crippen molar-refractivity contribution in [2.45, 2.75) is 77.0 Å². The van der Waals surface area contributed by atoms with Crippen LogP contribution < -0.4 is 4.74 Å². The van der Waals surface area contributed by atoms with Crippen LogP contribution in [0.15, 0.2) is 30.3 Å². The summed E-state index contributed by atoms with van der Waals surface area (Å²) in [6.45, 7) is 2.22. The Morgan fingerprint density at radius 1 is 0.938 bits per heavy atom. The van der Waals surface area contributed by atoms with Gasteiger partial charge in [0.2, 0.25) is 0 Å². The van der Waals surface area contributed by atoms with Crippen LogP contribution in [0.3, 0.4) is 0 Å². The van der Waals surface area contributed by atoms with Crippen molar-refractivity contribution in [2.24, 2.45) is 5.92 Å². The topological polar surface area (TPSA) is 9.23 Å². The molecule has 0 N–H and O–H groups in total. The quantitative estimate of drug-likeness (QED) is 0.393. The maximum atomic E-state index is 15.1. The van der Waals surface area contributed by atoms with Gasteiger partial charge in [0.15, 0.2) is 23.2 Å². The van der Waals surface area contributed by atoms with Crippen molar-refractivity contribution in [3.63, 3.8) is 0 Å². The highest BCUT2D eigenvalue weighted by atomic mass is 19.2. The van der Waals surface area contributed by atoms with Gasteiger partial charge in [-0.3, -0.25) is 0 Å². The summed E-state index contributed by atoms with van der Waals surface area (Å²) in [7, 11) is 1.44. The van der Waals surface area contributed by atoms with E-state index in [-0.39, 0.29) is 11.7 Å². The standard InChI is InChI=1S/C28H33F3O/c1-3-4-5-6-18-7-9-19(10-8-18)23-13-14-24(28(31)27(23)30)21-12-11-20-17-26(32-2)25(29)16-22(20)15-21/h12-14,16-19H,3-11,15H2,1-2H3. The number of unbranched alkanes of at least 4 members (excludes halogenated alkanes) is 2. The lowest BCUT2D eigenvalue weighted by molar-refractivity contribution is 0.298. The maximum Gasteiger partial charge on any atom is 0.166 e. The van der Waals surface area contributed by atoms with E-state index in [1.807, 2.05) is 6.08 Å². The smallest absolute Gasteiger partial charge is 0.166 e. The summed E-state index contributed by atoms with van der Waals surface area (Å²) < 4.78 is 49.5. The van der Waals surface area contributed by atoms with Gasteiger partial charge >= 0.3 is 0 Å². The van der Waals surface area contributed by atoms with Gasteiger partial charge in [-0.1, -0.05) is 50.8 Å². The number of hydrogen-bond donors (Lipinski definition) is 0. The molecule has 32 heavy (non-hydrogen) atoms. The zero-order valence-electron chi connectivity index (χ0n) is 19.2. The van der Waals surface area contributed by atoms with E-state index in [9.17, 15) is 4.39 Å². The highest BCUT2D eigenvalue weighted by Gasteiger charge is 2.27. The van der Waals surface area contributed by atoms with Gasteiger partial charge in [0.25, 0.3) is 0 Å². The van der Waals surface area contributed by atoms with Crippen molar-refractivity contribution in [3.05, 3.63) is 70.0 Å². The van der Waals surface area contributed by atoms with Gasteiger partial charge in [0, 0.05) is 5.56 Å². The number of halogens is 3. The fourth-order valence-electron chi connectivity index (χ4n) is 5.44. The Balaban J connectivity index is 1.47. The average Bonchev–Trinajstić information content (AvgIpc) is 2.81. The molecule has 0 aliphatic heterocycles. The molecule has 2 aliphatic rings. The predicted octanol–water partition coefficient (Wildman–Crippen LogP) is 8.15. The zero-order chi connectivity index (χ0) is 22.7. The second kappa shape index (κ2) is 10.1. The monoisotopic (exact) mass is 442 g/mol. The molecule has 0 aromatic heterocycles. The van der Waals surface area contributed by atoms with Crippen molar-refractivity contribution in [3.8, 4) is 5.75 Å². The highest BCUT2D eigenvalue weighted by molar-refractivity contribution is 5.71. The SMILES string of the molecule is CCCCCC1CCC(c2ccc(C3=CCc4cc(OC)c(F)cc4C3)c(F)c2F)CC1. The number of allylic oxidation sites excluding steroid dienone is 2. The third kappa shape index (κ3) is 4.74. The largest absolute Gasteiger partial charge is 0.494 e. The first-order valence-electron chi connectivity index (χ1n) is 12.0. The highest BCUT2D eigenvalue weighted by Crippen LogP contribution is 2.40. The van der Waals surface area contributed by atoms with Gasteiger partial charge in [0.05, 0.1) is 7.11 Å². The number of methoxy groups -OCH3 is 1. The summed E-state index contributed by atoms with van der Waals surface area (Å²) in [4.78, 5) is 0. The average molecular weight is 443 g/mol. The normalized spacial score (nSPS) is 20.6. The molecule has 0 radical (unpaired) electrons. The van der Waals surface area contributed by atoms with Crippen LogP contribution >= 0.6 is 0 Å². The zero-order valence-corrected chi connectivity index (χ0v) is 19.2. The fraction of sp³-hybridized carbons (Fsp3) is 0.500. The van der Waals surface area contributed by atoms with Gasteiger partial charge < -0.3 is 4.74 Å². The second-order valence-electron chi connectivity index (χ2n) is 9.41. The van der Waals surface area contributed by atoms with Crippen LogP contribution in [0.1, 0.15) is 86.5 Å². The molecule has 0 spiro atoms. The van der Waals surface area contributed by atoms with Crippen LogP contribution in [-0.4, -0.2) is 7.11 Å². The number of fused-ring (bicyclic) bond motifs is 1. The van der Waals surface area contributed by atoms with E-state index in [1.165, 1.54) is 38.9 Å². The lowest BCUT2D eigenvalue weighted by Crippen LogP contribution is -2.15. The Hall–Kier alpha value is -2.23. The molecule has 1 saturated carbocycles. The molecule has 2 aromatic rings. The summed E-state index contributed by atoms with van der Waals surface area (Å²) in [5, 5.41) is 0. The molecule has 4 rings (SSSR count). The molecule has 0 unspecified atom stereocenters. The van der Waals surface area contributed by atoms with E-state index >= 15 is 8.78 Å². The van der Waals surface area contributed by atoms with Crippen LogP contribution in [0.5, 0.6) is 5.75 Å². The Morgan fingerprint density at radius 2 is 1.72 bits per heavy atom. The van der Waals surface area contributed by atoms with Crippen LogP contribution in [-0.2, 0) is 12.8 Å². The Kier molecular flexibility index (Phi) is 7.27. The number of hydrogen-bond acceptors (Lipinski definition) is 1. The lowest BCUT2D eigenvalue weighted by atomic mass is 9.76. The van der Waals surface area contributed by atoms with Gasteiger partial charge in [-0.05, 0) is 84.8 Å². The third-order valence-corrected chi connectivity index (χ3v) is 7.38.